The number of rotatable bonds is 7. The van der Waals surface area contributed by atoms with E-state index in [4.69, 9.17) is 9.47 Å². The molecule has 4 rings (SSSR count). The fourth-order valence-corrected chi connectivity index (χ4v) is 2.82. The summed E-state index contributed by atoms with van der Waals surface area (Å²) in [7, 11) is 1.59. The van der Waals surface area contributed by atoms with E-state index < -0.39 is 4.92 Å². The van der Waals surface area contributed by atoms with Gasteiger partial charge in [0.15, 0.2) is 0 Å². The van der Waals surface area contributed by atoms with Gasteiger partial charge in [0.25, 0.3) is 5.69 Å². The molecule has 2 heterocycles. The summed E-state index contributed by atoms with van der Waals surface area (Å²) < 4.78 is 12.7. The third kappa shape index (κ3) is 3.23. The summed E-state index contributed by atoms with van der Waals surface area (Å²) in [5.74, 6) is 1.75. The first-order chi connectivity index (χ1) is 12.7. The molecule has 1 aliphatic carbocycles. The van der Waals surface area contributed by atoms with E-state index in [2.05, 4.69) is 9.97 Å². The van der Waals surface area contributed by atoms with Crippen LogP contribution >= 0.6 is 0 Å². The average Bonchev–Trinajstić information content (AvgIpc) is 3.38. The lowest BCUT2D eigenvalue weighted by Gasteiger charge is -2.11. The predicted octanol–water partition coefficient (Wildman–Crippen LogP) is 3.23. The van der Waals surface area contributed by atoms with Gasteiger partial charge in [0.2, 0.25) is 0 Å². The van der Waals surface area contributed by atoms with Crippen molar-refractivity contribution in [2.45, 2.75) is 18.8 Å². The molecule has 0 bridgehead atoms. The van der Waals surface area contributed by atoms with E-state index in [1.54, 1.807) is 25.6 Å². The van der Waals surface area contributed by atoms with Crippen molar-refractivity contribution in [3.63, 3.8) is 0 Å². The Balaban J connectivity index is 1.77. The highest BCUT2D eigenvalue weighted by Crippen LogP contribution is 2.39. The molecular formula is C18H18N4O4. The Morgan fingerprint density at radius 3 is 2.88 bits per heavy atom. The molecule has 8 nitrogen and oxygen atoms in total. The number of methoxy groups -OCH3 is 1. The Morgan fingerprint density at radius 2 is 2.15 bits per heavy atom. The average molecular weight is 354 g/mol. The van der Waals surface area contributed by atoms with Gasteiger partial charge in [-0.1, -0.05) is 0 Å². The van der Waals surface area contributed by atoms with Crippen LogP contribution in [0.1, 0.15) is 24.5 Å². The quantitative estimate of drug-likeness (QED) is 0.367. The molecule has 0 saturated heterocycles. The lowest BCUT2D eigenvalue weighted by atomic mass is 10.2. The second-order valence-electron chi connectivity index (χ2n) is 6.26. The van der Waals surface area contributed by atoms with Crippen molar-refractivity contribution in [3.8, 4) is 11.6 Å². The number of ether oxygens (including phenoxy) is 2. The van der Waals surface area contributed by atoms with E-state index in [0.29, 0.717) is 41.6 Å². The van der Waals surface area contributed by atoms with Crippen LogP contribution in [0.5, 0.6) is 5.75 Å². The van der Waals surface area contributed by atoms with E-state index >= 15 is 0 Å². The van der Waals surface area contributed by atoms with Crippen LogP contribution in [-0.2, 0) is 4.74 Å². The molecule has 1 fully saturated rings. The minimum Gasteiger partial charge on any atom is -0.490 e. The normalized spacial score (nSPS) is 13.9. The number of nitro benzene ring substituents is 1. The van der Waals surface area contributed by atoms with Crippen LogP contribution in [-0.4, -0.2) is 39.8 Å². The Kier molecular flexibility index (Phi) is 4.26. The minimum absolute atomic E-state index is 0.00212. The highest BCUT2D eigenvalue weighted by molar-refractivity contribution is 5.88. The molecule has 26 heavy (non-hydrogen) atoms. The van der Waals surface area contributed by atoms with Gasteiger partial charge >= 0.3 is 0 Å². The molecule has 0 aliphatic heterocycles. The standard InChI is InChI=1S/C18H18N4O4/c1-25-6-7-26-17-9-18(21-10-16(19-11-21)12-2-3-12)20-15-5-4-13(22(23)24)8-14(15)17/h4-5,8-12H,2-3,6-7H2,1H3. The van der Waals surface area contributed by atoms with Gasteiger partial charge in [-0.3, -0.25) is 14.7 Å². The van der Waals surface area contributed by atoms with Gasteiger partial charge in [0.1, 0.15) is 24.5 Å². The van der Waals surface area contributed by atoms with E-state index in [0.717, 1.165) is 5.69 Å². The molecule has 0 spiro atoms. The van der Waals surface area contributed by atoms with Crippen LogP contribution in [0.3, 0.4) is 0 Å². The van der Waals surface area contributed by atoms with Crippen LogP contribution < -0.4 is 4.74 Å². The van der Waals surface area contributed by atoms with Crippen molar-refractivity contribution < 1.29 is 14.4 Å². The van der Waals surface area contributed by atoms with Crippen LogP contribution in [0.4, 0.5) is 5.69 Å². The number of non-ortho nitro benzene ring substituents is 1. The molecule has 134 valence electrons. The Labute approximate surface area is 149 Å². The number of pyridine rings is 1. The summed E-state index contributed by atoms with van der Waals surface area (Å²) in [4.78, 5) is 19.7. The predicted molar refractivity (Wildman–Crippen MR) is 94.9 cm³/mol. The van der Waals surface area contributed by atoms with Crippen molar-refractivity contribution >= 4 is 16.6 Å². The molecule has 0 atom stereocenters. The van der Waals surface area contributed by atoms with Crippen LogP contribution in [0.25, 0.3) is 16.7 Å². The van der Waals surface area contributed by atoms with Gasteiger partial charge in [-0.05, 0) is 18.9 Å². The van der Waals surface area contributed by atoms with Crippen molar-refractivity contribution in [1.29, 1.82) is 0 Å². The number of benzene rings is 1. The lowest BCUT2D eigenvalue weighted by molar-refractivity contribution is -0.384. The zero-order valence-corrected chi connectivity index (χ0v) is 14.3. The van der Waals surface area contributed by atoms with Crippen LogP contribution in [0.15, 0.2) is 36.8 Å². The largest absolute Gasteiger partial charge is 0.490 e. The Morgan fingerprint density at radius 1 is 1.31 bits per heavy atom. The van der Waals surface area contributed by atoms with Crippen molar-refractivity contribution in [3.05, 3.63) is 52.6 Å². The second-order valence-corrected chi connectivity index (χ2v) is 6.26. The molecule has 1 aromatic carbocycles. The third-order valence-corrected chi connectivity index (χ3v) is 4.36. The smallest absolute Gasteiger partial charge is 0.270 e. The molecular weight excluding hydrogens is 336 g/mol. The third-order valence-electron chi connectivity index (χ3n) is 4.36. The highest BCUT2D eigenvalue weighted by atomic mass is 16.6. The number of nitro groups is 1. The highest BCUT2D eigenvalue weighted by Gasteiger charge is 2.26. The molecule has 1 aliphatic rings. The maximum absolute atomic E-state index is 11.1. The van der Waals surface area contributed by atoms with Crippen LogP contribution in [0.2, 0.25) is 0 Å². The summed E-state index contributed by atoms with van der Waals surface area (Å²) in [5.41, 5.74) is 1.70. The zero-order chi connectivity index (χ0) is 18.1. The molecule has 1 saturated carbocycles. The summed E-state index contributed by atoms with van der Waals surface area (Å²) in [6.45, 7) is 0.764. The number of nitrogens with zero attached hydrogens (tertiary/aromatic N) is 4. The number of imidazole rings is 1. The van der Waals surface area contributed by atoms with Crippen LogP contribution in [0, 0.1) is 10.1 Å². The Hall–Kier alpha value is -3.00. The molecule has 3 aromatic rings. The maximum Gasteiger partial charge on any atom is 0.270 e. The number of aromatic nitrogens is 3. The van der Waals surface area contributed by atoms with Crippen molar-refractivity contribution in [1.82, 2.24) is 14.5 Å². The fraction of sp³-hybridized carbons (Fsp3) is 0.333. The summed E-state index contributed by atoms with van der Waals surface area (Å²) in [6, 6.07) is 6.35. The van der Waals surface area contributed by atoms with E-state index in [-0.39, 0.29) is 5.69 Å². The molecule has 2 aromatic heterocycles. The van der Waals surface area contributed by atoms with Crippen molar-refractivity contribution in [2.24, 2.45) is 0 Å². The molecule has 0 unspecified atom stereocenters. The van der Waals surface area contributed by atoms with E-state index in [1.807, 2.05) is 10.8 Å². The number of fused-ring (bicyclic) bond motifs is 1. The monoisotopic (exact) mass is 354 g/mol. The number of hydrogen-bond acceptors (Lipinski definition) is 6. The molecule has 8 heteroatoms. The minimum atomic E-state index is -0.427. The summed E-state index contributed by atoms with van der Waals surface area (Å²) in [5, 5.41) is 11.7. The van der Waals surface area contributed by atoms with Gasteiger partial charge in [0.05, 0.1) is 22.7 Å². The first kappa shape index (κ1) is 16.5. The van der Waals surface area contributed by atoms with Gasteiger partial charge in [0, 0.05) is 42.8 Å². The Bertz CT molecular complexity index is 965. The summed E-state index contributed by atoms with van der Waals surface area (Å²) in [6.07, 6.45) is 6.08. The maximum atomic E-state index is 11.1. The molecule has 0 radical (unpaired) electrons. The van der Waals surface area contributed by atoms with E-state index in [1.165, 1.54) is 25.0 Å². The fourth-order valence-electron chi connectivity index (χ4n) is 2.82. The van der Waals surface area contributed by atoms with Gasteiger partial charge in [-0.25, -0.2) is 9.97 Å². The molecule has 0 amide bonds. The SMILES string of the molecule is COCCOc1cc(-n2cnc(C3CC3)c2)nc2ccc([N+](=O)[O-])cc12. The van der Waals surface area contributed by atoms with E-state index in [9.17, 15) is 10.1 Å². The second kappa shape index (κ2) is 6.72. The van der Waals surface area contributed by atoms with Gasteiger partial charge in [-0.15, -0.1) is 0 Å². The first-order valence-corrected chi connectivity index (χ1v) is 8.41. The molecule has 0 N–H and O–H groups in total. The topological polar surface area (TPSA) is 92.3 Å². The van der Waals surface area contributed by atoms with Crippen molar-refractivity contribution in [2.75, 3.05) is 20.3 Å². The lowest BCUT2D eigenvalue weighted by Crippen LogP contribution is -2.06. The number of hydrogen-bond donors (Lipinski definition) is 0. The van der Waals surface area contributed by atoms with Gasteiger partial charge in [-0.2, -0.15) is 0 Å². The van der Waals surface area contributed by atoms with Gasteiger partial charge < -0.3 is 9.47 Å². The first-order valence-electron chi connectivity index (χ1n) is 8.41. The zero-order valence-electron chi connectivity index (χ0n) is 14.3. The summed E-state index contributed by atoms with van der Waals surface area (Å²) >= 11 is 0.